The average molecular weight is 400 g/mol. The first-order valence-corrected chi connectivity index (χ1v) is 9.11. The maximum Gasteiger partial charge on any atom is 0.240 e. The van der Waals surface area contributed by atoms with E-state index in [1.54, 1.807) is 43.5 Å². The molecule has 2 aromatic carbocycles. The lowest BCUT2D eigenvalue weighted by molar-refractivity contribution is 0.354. The molecular formula is C16H18BrNO4S. The summed E-state index contributed by atoms with van der Waals surface area (Å²) in [6.45, 7) is 2.01. The van der Waals surface area contributed by atoms with Crippen LogP contribution in [0.25, 0.3) is 0 Å². The highest BCUT2D eigenvalue weighted by molar-refractivity contribution is 9.10. The molecule has 5 nitrogen and oxygen atoms in total. The van der Waals surface area contributed by atoms with E-state index in [1.807, 2.05) is 6.92 Å². The summed E-state index contributed by atoms with van der Waals surface area (Å²) in [6, 6.07) is 10.2. The van der Waals surface area contributed by atoms with Crippen LogP contribution in [0.2, 0.25) is 0 Å². The molecule has 0 aliphatic rings. The van der Waals surface area contributed by atoms with Crippen LogP contribution in [-0.4, -0.2) is 22.6 Å². The van der Waals surface area contributed by atoms with Gasteiger partial charge in [0.25, 0.3) is 0 Å². The maximum atomic E-state index is 12.4. The van der Waals surface area contributed by atoms with Gasteiger partial charge in [-0.25, -0.2) is 13.1 Å². The standard InChI is InChI=1S/C16H18BrNO4S/c1-11-8-13(5-6-14(11)17)23(19,20)18-10-12-4-7-15(21-2)16(9-12)22-3/h4-9,18H,10H2,1-3H3. The van der Waals surface area contributed by atoms with E-state index in [9.17, 15) is 8.42 Å². The summed E-state index contributed by atoms with van der Waals surface area (Å²) in [5, 5.41) is 0. The van der Waals surface area contributed by atoms with Gasteiger partial charge in [-0.05, 0) is 48.4 Å². The molecule has 7 heteroatoms. The summed E-state index contributed by atoms with van der Waals surface area (Å²) in [5.74, 6) is 1.16. The van der Waals surface area contributed by atoms with E-state index >= 15 is 0 Å². The first-order chi connectivity index (χ1) is 10.9. The van der Waals surface area contributed by atoms with Gasteiger partial charge in [0.2, 0.25) is 10.0 Å². The van der Waals surface area contributed by atoms with Gasteiger partial charge in [-0.1, -0.05) is 22.0 Å². The fourth-order valence-corrected chi connectivity index (χ4v) is 3.39. The Morgan fingerprint density at radius 3 is 2.35 bits per heavy atom. The van der Waals surface area contributed by atoms with Crippen molar-refractivity contribution in [1.82, 2.24) is 4.72 Å². The van der Waals surface area contributed by atoms with Crippen LogP contribution < -0.4 is 14.2 Å². The van der Waals surface area contributed by atoms with Crippen LogP contribution in [0, 0.1) is 6.92 Å². The van der Waals surface area contributed by atoms with Crippen LogP contribution in [0.4, 0.5) is 0 Å². The number of ether oxygens (including phenoxy) is 2. The number of methoxy groups -OCH3 is 2. The molecule has 124 valence electrons. The van der Waals surface area contributed by atoms with Crippen molar-refractivity contribution in [3.63, 3.8) is 0 Å². The van der Waals surface area contributed by atoms with Crippen LogP contribution in [-0.2, 0) is 16.6 Å². The molecule has 0 radical (unpaired) electrons. The van der Waals surface area contributed by atoms with Crippen molar-refractivity contribution in [1.29, 1.82) is 0 Å². The number of sulfonamides is 1. The normalized spacial score (nSPS) is 11.3. The van der Waals surface area contributed by atoms with Gasteiger partial charge >= 0.3 is 0 Å². The Bertz CT molecular complexity index is 806. The van der Waals surface area contributed by atoms with Crippen LogP contribution in [0.5, 0.6) is 11.5 Å². The molecule has 1 N–H and O–H groups in total. The second kappa shape index (κ2) is 7.33. The van der Waals surface area contributed by atoms with E-state index < -0.39 is 10.0 Å². The quantitative estimate of drug-likeness (QED) is 0.809. The molecule has 2 aromatic rings. The average Bonchev–Trinajstić information content (AvgIpc) is 2.55. The van der Waals surface area contributed by atoms with E-state index in [0.717, 1.165) is 15.6 Å². The number of nitrogens with one attached hydrogen (secondary N) is 1. The minimum Gasteiger partial charge on any atom is -0.493 e. The van der Waals surface area contributed by atoms with E-state index in [0.29, 0.717) is 11.5 Å². The van der Waals surface area contributed by atoms with Gasteiger partial charge in [-0.3, -0.25) is 0 Å². The minimum absolute atomic E-state index is 0.164. The largest absolute Gasteiger partial charge is 0.493 e. The molecule has 0 fully saturated rings. The fourth-order valence-electron chi connectivity index (χ4n) is 2.04. The Balaban J connectivity index is 2.17. The third-order valence-electron chi connectivity index (χ3n) is 3.35. The Hall–Kier alpha value is -1.57. The van der Waals surface area contributed by atoms with Gasteiger partial charge in [-0.15, -0.1) is 0 Å². The van der Waals surface area contributed by atoms with Crippen LogP contribution in [0.1, 0.15) is 11.1 Å². The first kappa shape index (κ1) is 17.8. The summed E-state index contributed by atoms with van der Waals surface area (Å²) in [7, 11) is -0.486. The summed E-state index contributed by atoms with van der Waals surface area (Å²) < 4.78 is 38.6. The lowest BCUT2D eigenvalue weighted by Gasteiger charge is -2.11. The molecule has 0 aromatic heterocycles. The SMILES string of the molecule is COc1ccc(CNS(=O)(=O)c2ccc(Br)c(C)c2)cc1OC. The zero-order valence-corrected chi connectivity index (χ0v) is 15.5. The Morgan fingerprint density at radius 1 is 1.04 bits per heavy atom. The number of hydrogen-bond acceptors (Lipinski definition) is 4. The van der Waals surface area contributed by atoms with E-state index in [4.69, 9.17) is 9.47 Å². The number of rotatable bonds is 6. The van der Waals surface area contributed by atoms with E-state index in [2.05, 4.69) is 20.7 Å². The van der Waals surface area contributed by atoms with Crippen LogP contribution in [0.15, 0.2) is 45.8 Å². The van der Waals surface area contributed by atoms with Crippen molar-refractivity contribution in [2.75, 3.05) is 14.2 Å². The Kier molecular flexibility index (Phi) is 5.67. The Labute approximate surface area is 144 Å². The minimum atomic E-state index is -3.58. The number of benzene rings is 2. The first-order valence-electron chi connectivity index (χ1n) is 6.84. The molecule has 0 bridgehead atoms. The van der Waals surface area contributed by atoms with Gasteiger partial charge in [0.05, 0.1) is 19.1 Å². The highest BCUT2D eigenvalue weighted by atomic mass is 79.9. The molecule has 0 aliphatic carbocycles. The van der Waals surface area contributed by atoms with Crippen molar-refractivity contribution in [3.05, 3.63) is 52.0 Å². The zero-order chi connectivity index (χ0) is 17.0. The van der Waals surface area contributed by atoms with Gasteiger partial charge < -0.3 is 9.47 Å². The molecule has 0 saturated carbocycles. The highest BCUT2D eigenvalue weighted by Crippen LogP contribution is 2.27. The van der Waals surface area contributed by atoms with Crippen molar-refractivity contribution >= 4 is 26.0 Å². The van der Waals surface area contributed by atoms with Crippen molar-refractivity contribution in [2.45, 2.75) is 18.4 Å². The highest BCUT2D eigenvalue weighted by Gasteiger charge is 2.15. The van der Waals surface area contributed by atoms with E-state index in [1.165, 1.54) is 7.11 Å². The molecule has 0 amide bonds. The molecule has 0 spiro atoms. The Morgan fingerprint density at radius 2 is 1.74 bits per heavy atom. The number of aryl methyl sites for hydroxylation is 1. The number of hydrogen-bond donors (Lipinski definition) is 1. The lowest BCUT2D eigenvalue weighted by Crippen LogP contribution is -2.23. The predicted molar refractivity (Wildman–Crippen MR) is 92.5 cm³/mol. The third-order valence-corrected chi connectivity index (χ3v) is 5.64. The van der Waals surface area contributed by atoms with Crippen molar-refractivity contribution < 1.29 is 17.9 Å². The van der Waals surface area contributed by atoms with Gasteiger partial charge in [0.1, 0.15) is 0 Å². The monoisotopic (exact) mass is 399 g/mol. The number of halogens is 1. The molecule has 0 atom stereocenters. The predicted octanol–water partition coefficient (Wildman–Crippen LogP) is 3.25. The van der Waals surface area contributed by atoms with Gasteiger partial charge in [0.15, 0.2) is 11.5 Å². The molecule has 23 heavy (non-hydrogen) atoms. The molecule has 2 rings (SSSR count). The summed E-state index contributed by atoms with van der Waals surface area (Å²) in [5.41, 5.74) is 1.64. The maximum absolute atomic E-state index is 12.4. The second-order valence-corrected chi connectivity index (χ2v) is 7.55. The van der Waals surface area contributed by atoms with Crippen molar-refractivity contribution in [2.24, 2.45) is 0 Å². The third kappa shape index (κ3) is 4.25. The smallest absolute Gasteiger partial charge is 0.240 e. The molecule has 0 saturated heterocycles. The van der Waals surface area contributed by atoms with Gasteiger partial charge in [-0.2, -0.15) is 0 Å². The molecule has 0 aliphatic heterocycles. The second-order valence-electron chi connectivity index (χ2n) is 4.92. The molecular weight excluding hydrogens is 382 g/mol. The lowest BCUT2D eigenvalue weighted by atomic mass is 10.2. The van der Waals surface area contributed by atoms with Crippen LogP contribution >= 0.6 is 15.9 Å². The van der Waals surface area contributed by atoms with Crippen molar-refractivity contribution in [3.8, 4) is 11.5 Å². The topological polar surface area (TPSA) is 64.6 Å². The molecule has 0 unspecified atom stereocenters. The van der Waals surface area contributed by atoms with E-state index in [-0.39, 0.29) is 11.4 Å². The summed E-state index contributed by atoms with van der Waals surface area (Å²) >= 11 is 3.36. The van der Waals surface area contributed by atoms with Gasteiger partial charge in [0, 0.05) is 11.0 Å². The summed E-state index contributed by atoms with van der Waals surface area (Å²) in [4.78, 5) is 0.235. The molecule has 0 heterocycles. The fraction of sp³-hybridized carbons (Fsp3) is 0.250. The zero-order valence-electron chi connectivity index (χ0n) is 13.1. The van der Waals surface area contributed by atoms with Crippen LogP contribution in [0.3, 0.4) is 0 Å². The summed E-state index contributed by atoms with van der Waals surface area (Å²) in [6.07, 6.45) is 0.